The summed E-state index contributed by atoms with van der Waals surface area (Å²) < 4.78 is 10.6. The second kappa shape index (κ2) is 7.56. The third kappa shape index (κ3) is 3.37. The highest BCUT2D eigenvalue weighted by Crippen LogP contribution is 2.71. The van der Waals surface area contributed by atoms with E-state index in [1.54, 1.807) is 9.81 Å². The Morgan fingerprint density at radius 1 is 0.591 bits per heavy atom. The first-order chi connectivity index (χ1) is 10.8. The van der Waals surface area contributed by atoms with Gasteiger partial charge < -0.3 is 0 Å². The van der Waals surface area contributed by atoms with Gasteiger partial charge in [0.25, 0.3) is 0 Å². The van der Waals surface area contributed by atoms with Crippen LogP contribution in [0.1, 0.15) is 25.7 Å². The van der Waals surface area contributed by atoms with Gasteiger partial charge in [-0.05, 0) is 43.8 Å². The van der Waals surface area contributed by atoms with Gasteiger partial charge >= 0.3 is 0 Å². The average molecular weight is 439 g/mol. The van der Waals surface area contributed by atoms with Crippen LogP contribution in [0.2, 0.25) is 0 Å². The Morgan fingerprint density at radius 2 is 1.00 bits per heavy atom. The number of thioether (sulfide) groups is 8. The molecule has 118 valence electrons. The van der Waals surface area contributed by atoms with E-state index in [0.29, 0.717) is 0 Å². The first-order valence-corrected chi connectivity index (χ1v) is 14.2. The summed E-state index contributed by atoms with van der Waals surface area (Å²) in [5, 5.41) is 0. The first-order valence-electron chi connectivity index (χ1n) is 6.88. The predicted octanol–water partition coefficient (Wildman–Crippen LogP) is 8.32. The quantitative estimate of drug-likeness (QED) is 0.416. The maximum Gasteiger partial charge on any atom is 0.0718 e. The van der Waals surface area contributed by atoms with Gasteiger partial charge in [0, 0.05) is 0 Å². The summed E-state index contributed by atoms with van der Waals surface area (Å²) in [4.78, 5) is 0. The zero-order valence-electron chi connectivity index (χ0n) is 12.1. The molecule has 0 spiro atoms. The maximum absolute atomic E-state index is 2.19. The number of hydrogen-bond acceptors (Lipinski definition) is 8. The molecule has 3 aliphatic heterocycles. The highest BCUT2D eigenvalue weighted by Gasteiger charge is 2.35. The normalized spacial score (nSPS) is 25.4. The van der Waals surface area contributed by atoms with Crippen LogP contribution in [0, 0.1) is 0 Å². The average Bonchev–Trinajstić information content (AvgIpc) is 3.26. The van der Waals surface area contributed by atoms with E-state index in [9.17, 15) is 0 Å². The van der Waals surface area contributed by atoms with Crippen molar-refractivity contribution in [3.05, 3.63) is 35.2 Å². The number of hydrogen-bond donors (Lipinski definition) is 0. The lowest BCUT2D eigenvalue weighted by atomic mass is 10.3. The molecule has 1 saturated carbocycles. The van der Waals surface area contributed by atoms with Crippen LogP contribution in [-0.4, -0.2) is 12.5 Å². The van der Waals surface area contributed by atoms with Crippen LogP contribution >= 0.6 is 94.1 Å². The van der Waals surface area contributed by atoms with E-state index >= 15 is 0 Å². The molecular formula is C14H14S8. The second-order valence-electron chi connectivity index (χ2n) is 4.84. The van der Waals surface area contributed by atoms with Crippen molar-refractivity contribution in [1.82, 2.24) is 0 Å². The van der Waals surface area contributed by atoms with E-state index in [2.05, 4.69) is 12.5 Å². The van der Waals surface area contributed by atoms with Crippen LogP contribution in [0.3, 0.4) is 0 Å². The number of allylic oxidation sites excluding steroid dienone is 1. The van der Waals surface area contributed by atoms with Crippen molar-refractivity contribution in [2.75, 3.05) is 12.5 Å². The molecule has 0 N–H and O–H groups in total. The smallest absolute Gasteiger partial charge is 0.0718 e. The molecule has 4 rings (SSSR count). The second-order valence-corrected chi connectivity index (χ2v) is 14.4. The summed E-state index contributed by atoms with van der Waals surface area (Å²) >= 11 is 15.8. The van der Waals surface area contributed by atoms with Gasteiger partial charge in [-0.3, -0.25) is 0 Å². The zero-order chi connectivity index (χ0) is 15.1. The third-order valence-corrected chi connectivity index (χ3v) is 15.0. The van der Waals surface area contributed by atoms with E-state index in [1.807, 2.05) is 94.1 Å². The summed E-state index contributed by atoms with van der Waals surface area (Å²) in [7, 11) is 0. The van der Waals surface area contributed by atoms with Crippen LogP contribution in [0.25, 0.3) is 0 Å². The van der Waals surface area contributed by atoms with Crippen molar-refractivity contribution in [1.29, 1.82) is 0 Å². The molecule has 0 aromatic carbocycles. The SMILES string of the molecule is CSC1=C(SC)SC(=C2SC3=C(SC(=C4CCCC4)S3)S2)S1. The third-order valence-electron chi connectivity index (χ3n) is 3.48. The monoisotopic (exact) mass is 438 g/mol. The minimum atomic E-state index is 1.34. The van der Waals surface area contributed by atoms with Crippen LogP contribution < -0.4 is 0 Å². The molecule has 0 nitrogen and oxygen atoms in total. The van der Waals surface area contributed by atoms with Gasteiger partial charge in [0.05, 0.1) is 29.7 Å². The van der Waals surface area contributed by atoms with Crippen molar-refractivity contribution in [3.8, 4) is 0 Å². The fourth-order valence-electron chi connectivity index (χ4n) is 2.43. The minimum Gasteiger partial charge on any atom is -0.121 e. The molecule has 0 atom stereocenters. The standard InChI is InChI=1S/C14H14S8/c1-15-9-10(16-2)20-13(19-9)14-21-11-12(22-14)18-8(17-11)7-5-3-4-6-7/h3-6H2,1-2H3. The zero-order valence-corrected chi connectivity index (χ0v) is 18.6. The Hall–Kier alpha value is 1.76. The lowest BCUT2D eigenvalue weighted by molar-refractivity contribution is 0.886. The van der Waals surface area contributed by atoms with E-state index in [0.717, 1.165) is 0 Å². The molecule has 4 aliphatic rings. The largest absolute Gasteiger partial charge is 0.121 e. The molecule has 1 fully saturated rings. The van der Waals surface area contributed by atoms with Gasteiger partial charge in [0.1, 0.15) is 0 Å². The lowest BCUT2D eigenvalue weighted by Gasteiger charge is -2.07. The van der Waals surface area contributed by atoms with E-state index in [1.165, 1.54) is 51.1 Å². The Bertz CT molecular complexity index is 591. The highest BCUT2D eigenvalue weighted by atomic mass is 32.3. The fourth-order valence-corrected chi connectivity index (χ4v) is 14.2. The molecule has 0 radical (unpaired) electrons. The lowest BCUT2D eigenvalue weighted by Crippen LogP contribution is -1.76. The van der Waals surface area contributed by atoms with Gasteiger partial charge in [-0.2, -0.15) is 0 Å². The van der Waals surface area contributed by atoms with Crippen molar-refractivity contribution in [3.63, 3.8) is 0 Å². The Labute approximate surface area is 166 Å². The molecule has 0 bridgehead atoms. The molecule has 0 amide bonds. The van der Waals surface area contributed by atoms with Crippen molar-refractivity contribution in [2.24, 2.45) is 0 Å². The van der Waals surface area contributed by atoms with Crippen LogP contribution in [-0.2, 0) is 0 Å². The van der Waals surface area contributed by atoms with Crippen molar-refractivity contribution >= 4 is 94.1 Å². The predicted molar refractivity (Wildman–Crippen MR) is 119 cm³/mol. The van der Waals surface area contributed by atoms with E-state index in [4.69, 9.17) is 0 Å². The number of rotatable bonds is 2. The molecule has 1 aliphatic carbocycles. The van der Waals surface area contributed by atoms with Gasteiger partial charge in [0.2, 0.25) is 0 Å². The maximum atomic E-state index is 2.19. The van der Waals surface area contributed by atoms with Crippen molar-refractivity contribution < 1.29 is 0 Å². The summed E-state index contributed by atoms with van der Waals surface area (Å²) in [6, 6.07) is 0. The minimum absolute atomic E-state index is 1.34. The highest BCUT2D eigenvalue weighted by molar-refractivity contribution is 8.49. The Kier molecular flexibility index (Phi) is 5.91. The molecule has 0 unspecified atom stereocenters. The Morgan fingerprint density at radius 3 is 1.45 bits per heavy atom. The van der Waals surface area contributed by atoms with Gasteiger partial charge in [-0.25, -0.2) is 0 Å². The molecule has 0 aromatic rings. The summed E-state index contributed by atoms with van der Waals surface area (Å²) in [5.74, 6) is 0. The summed E-state index contributed by atoms with van der Waals surface area (Å²) in [5.41, 5.74) is 1.72. The molecule has 3 heterocycles. The Balaban J connectivity index is 1.46. The van der Waals surface area contributed by atoms with Crippen molar-refractivity contribution in [2.45, 2.75) is 25.7 Å². The summed E-state index contributed by atoms with van der Waals surface area (Å²) in [6.45, 7) is 0. The van der Waals surface area contributed by atoms with Crippen LogP contribution in [0.15, 0.2) is 35.2 Å². The van der Waals surface area contributed by atoms with Gasteiger partial charge in [-0.1, -0.05) is 70.6 Å². The molecular weight excluding hydrogens is 425 g/mol. The van der Waals surface area contributed by atoms with Gasteiger partial charge in [-0.15, -0.1) is 23.5 Å². The van der Waals surface area contributed by atoms with Crippen LogP contribution in [0.5, 0.6) is 0 Å². The summed E-state index contributed by atoms with van der Waals surface area (Å²) in [6.07, 6.45) is 9.84. The molecule has 22 heavy (non-hydrogen) atoms. The molecule has 8 heteroatoms. The van der Waals surface area contributed by atoms with Gasteiger partial charge in [0.15, 0.2) is 0 Å². The topological polar surface area (TPSA) is 0 Å². The van der Waals surface area contributed by atoms with E-state index in [-0.39, 0.29) is 0 Å². The molecule has 0 saturated heterocycles. The van der Waals surface area contributed by atoms with Crippen LogP contribution in [0.4, 0.5) is 0 Å². The fraction of sp³-hybridized carbons (Fsp3) is 0.429. The van der Waals surface area contributed by atoms with E-state index < -0.39 is 0 Å². The molecule has 0 aromatic heterocycles. The first kappa shape index (κ1) is 17.2.